The Labute approximate surface area is 419 Å². The molecule has 3 N–H and O–H groups in total. The van der Waals surface area contributed by atoms with E-state index in [9.17, 15) is 19.8 Å². The molecule has 398 valence electrons. The molecule has 1 amide bonds. The van der Waals surface area contributed by atoms with E-state index < -0.39 is 18.2 Å². The molecule has 3 unspecified atom stereocenters. The third-order valence-electron chi connectivity index (χ3n) is 14.3. The minimum absolute atomic E-state index is 0.0796. The number of ether oxygens (including phenoxy) is 1. The number of hydrogen-bond acceptors (Lipinski definition) is 5. The molecule has 0 saturated carbocycles. The molecule has 0 spiro atoms. The number of hydrogen-bond donors (Lipinski definition) is 3. The normalized spacial score (nSPS) is 13.1. The number of unbranched alkanes of at least 4 members (excludes halogenated alkanes) is 42. The van der Waals surface area contributed by atoms with Crippen LogP contribution >= 0.6 is 0 Å². The van der Waals surface area contributed by atoms with Gasteiger partial charge < -0.3 is 20.3 Å². The van der Waals surface area contributed by atoms with E-state index >= 15 is 0 Å². The summed E-state index contributed by atoms with van der Waals surface area (Å²) in [6, 6.07) is -0.699. The predicted molar refractivity (Wildman–Crippen MR) is 292 cm³/mol. The topological polar surface area (TPSA) is 95.9 Å². The van der Waals surface area contributed by atoms with E-state index in [1.807, 2.05) is 0 Å². The fourth-order valence-electron chi connectivity index (χ4n) is 9.72. The number of rotatable bonds is 56. The largest absolute Gasteiger partial charge is 0.462 e. The highest BCUT2D eigenvalue weighted by Gasteiger charge is 2.24. The summed E-state index contributed by atoms with van der Waals surface area (Å²) >= 11 is 0. The number of carbonyl (C=O) groups excluding carboxylic acids is 2. The number of allylic oxidation sites excluding steroid dienone is 2. The fourth-order valence-corrected chi connectivity index (χ4v) is 9.72. The lowest BCUT2D eigenvalue weighted by Gasteiger charge is -2.24. The van der Waals surface area contributed by atoms with E-state index in [2.05, 4.69) is 38.2 Å². The highest BCUT2D eigenvalue weighted by Crippen LogP contribution is 2.19. The summed E-state index contributed by atoms with van der Waals surface area (Å²) in [5, 5.41) is 23.9. The number of aliphatic hydroxyl groups excluding tert-OH is 2. The first-order valence-corrected chi connectivity index (χ1v) is 30.4. The van der Waals surface area contributed by atoms with Gasteiger partial charge in [0.1, 0.15) is 6.10 Å². The summed E-state index contributed by atoms with van der Waals surface area (Å²) in [6.45, 7) is 6.52. The molecular weight excluding hydrogens is 827 g/mol. The maximum atomic E-state index is 13.3. The molecule has 67 heavy (non-hydrogen) atoms. The van der Waals surface area contributed by atoms with E-state index in [1.165, 1.54) is 238 Å². The third-order valence-corrected chi connectivity index (χ3v) is 14.3. The van der Waals surface area contributed by atoms with E-state index in [0.717, 1.165) is 57.8 Å². The Morgan fingerprint density at radius 1 is 0.418 bits per heavy atom. The zero-order valence-corrected chi connectivity index (χ0v) is 45.6. The van der Waals surface area contributed by atoms with Crippen LogP contribution in [0.4, 0.5) is 0 Å². The molecule has 0 aromatic carbocycles. The SMILES string of the molecule is CCCCCC/C=C\CCCCCCCC(CC(=O)NC(CO)C(O)CCCCCCCCCCCCCCCCCC)OC(=O)CCCCCCCCCCCCCCCCCCCCC. The molecule has 0 bridgehead atoms. The van der Waals surface area contributed by atoms with Crippen LogP contribution in [-0.2, 0) is 14.3 Å². The van der Waals surface area contributed by atoms with Crippen LogP contribution in [0.15, 0.2) is 12.2 Å². The summed E-state index contributed by atoms with van der Waals surface area (Å²) in [5.74, 6) is -0.457. The molecule has 0 aromatic rings. The predicted octanol–water partition coefficient (Wildman–Crippen LogP) is 18.9. The first kappa shape index (κ1) is 65.6. The van der Waals surface area contributed by atoms with E-state index in [0.29, 0.717) is 19.3 Å². The number of nitrogens with one attached hydrogen (secondary N) is 1. The average Bonchev–Trinajstić information content (AvgIpc) is 3.32. The van der Waals surface area contributed by atoms with Gasteiger partial charge in [-0.25, -0.2) is 0 Å². The average molecular weight is 947 g/mol. The highest BCUT2D eigenvalue weighted by atomic mass is 16.5. The second kappa shape index (κ2) is 55.5. The van der Waals surface area contributed by atoms with Crippen LogP contribution in [0.3, 0.4) is 0 Å². The van der Waals surface area contributed by atoms with Gasteiger partial charge in [0.05, 0.1) is 25.2 Å². The summed E-state index contributed by atoms with van der Waals surface area (Å²) < 4.78 is 5.97. The van der Waals surface area contributed by atoms with Crippen molar-refractivity contribution in [3.05, 3.63) is 12.2 Å². The summed E-state index contributed by atoms with van der Waals surface area (Å²) in [4.78, 5) is 26.3. The quantitative estimate of drug-likeness (QED) is 0.0321. The van der Waals surface area contributed by atoms with Crippen molar-refractivity contribution in [3.8, 4) is 0 Å². The molecule has 0 aliphatic heterocycles. The van der Waals surface area contributed by atoms with Crippen LogP contribution in [0.2, 0.25) is 0 Å². The summed E-state index contributed by atoms with van der Waals surface area (Å²) in [6.07, 6.45) is 64.3. The van der Waals surface area contributed by atoms with Crippen molar-refractivity contribution in [1.29, 1.82) is 0 Å². The van der Waals surface area contributed by atoms with Gasteiger partial charge in [0.2, 0.25) is 5.91 Å². The first-order chi connectivity index (χ1) is 33.0. The van der Waals surface area contributed by atoms with E-state index in [-0.39, 0.29) is 24.9 Å². The van der Waals surface area contributed by atoms with Crippen LogP contribution in [0.25, 0.3) is 0 Å². The molecule has 0 aliphatic carbocycles. The Balaban J connectivity index is 4.44. The minimum Gasteiger partial charge on any atom is -0.462 e. The highest BCUT2D eigenvalue weighted by molar-refractivity contribution is 5.77. The molecule has 0 fully saturated rings. The van der Waals surface area contributed by atoms with Crippen molar-refractivity contribution in [2.24, 2.45) is 0 Å². The summed E-state index contributed by atoms with van der Waals surface area (Å²) in [5.41, 5.74) is 0. The van der Waals surface area contributed by atoms with Gasteiger partial charge in [0, 0.05) is 6.42 Å². The molecular formula is C61H119NO5. The van der Waals surface area contributed by atoms with Crippen LogP contribution in [0.1, 0.15) is 342 Å². The van der Waals surface area contributed by atoms with Crippen LogP contribution < -0.4 is 5.32 Å². The van der Waals surface area contributed by atoms with Crippen molar-refractivity contribution >= 4 is 11.9 Å². The van der Waals surface area contributed by atoms with Gasteiger partial charge in [-0.2, -0.15) is 0 Å². The molecule has 6 nitrogen and oxygen atoms in total. The number of carbonyl (C=O) groups is 2. The lowest BCUT2D eigenvalue weighted by Crippen LogP contribution is -2.46. The molecule has 0 radical (unpaired) electrons. The third kappa shape index (κ3) is 50.8. The zero-order chi connectivity index (χ0) is 48.8. The summed E-state index contributed by atoms with van der Waals surface area (Å²) in [7, 11) is 0. The van der Waals surface area contributed by atoms with Gasteiger partial charge in [0.25, 0.3) is 0 Å². The van der Waals surface area contributed by atoms with Crippen molar-refractivity contribution < 1.29 is 24.5 Å². The second-order valence-electron chi connectivity index (χ2n) is 21.1. The first-order valence-electron chi connectivity index (χ1n) is 30.4. The fraction of sp³-hybridized carbons (Fsp3) is 0.934. The Hall–Kier alpha value is -1.40. The van der Waals surface area contributed by atoms with Gasteiger partial charge in [-0.3, -0.25) is 9.59 Å². The van der Waals surface area contributed by atoms with Crippen molar-refractivity contribution in [2.75, 3.05) is 6.61 Å². The molecule has 0 aromatic heterocycles. The number of aliphatic hydroxyl groups is 2. The molecule has 3 atom stereocenters. The lowest BCUT2D eigenvalue weighted by molar-refractivity contribution is -0.151. The Morgan fingerprint density at radius 2 is 0.716 bits per heavy atom. The van der Waals surface area contributed by atoms with E-state index in [4.69, 9.17) is 4.74 Å². The van der Waals surface area contributed by atoms with Crippen LogP contribution in [0, 0.1) is 0 Å². The Kier molecular flexibility index (Phi) is 54.4. The number of esters is 1. The van der Waals surface area contributed by atoms with Crippen molar-refractivity contribution in [3.63, 3.8) is 0 Å². The van der Waals surface area contributed by atoms with Crippen molar-refractivity contribution in [1.82, 2.24) is 5.32 Å². The van der Waals surface area contributed by atoms with Gasteiger partial charge in [0.15, 0.2) is 0 Å². The van der Waals surface area contributed by atoms with Gasteiger partial charge in [-0.15, -0.1) is 0 Å². The standard InChI is InChI=1S/C61H119NO5/c1-4-7-10-13-16-19-22-25-27-29-30-31-33-36-39-42-45-48-51-54-61(66)67-57(52-49-46-43-40-37-34-24-21-18-15-12-9-6-3)55-60(65)62-58(56-63)59(64)53-50-47-44-41-38-35-32-28-26-23-20-17-14-11-8-5-2/h21,24,57-59,63-64H,4-20,22-23,25-56H2,1-3H3,(H,62,65)/b24-21-. The lowest BCUT2D eigenvalue weighted by atomic mass is 10.0. The maximum absolute atomic E-state index is 13.3. The molecule has 6 heteroatoms. The van der Waals surface area contributed by atoms with E-state index in [1.54, 1.807) is 0 Å². The molecule has 0 aliphatic rings. The maximum Gasteiger partial charge on any atom is 0.306 e. The zero-order valence-electron chi connectivity index (χ0n) is 45.6. The Morgan fingerprint density at radius 3 is 1.07 bits per heavy atom. The van der Waals surface area contributed by atoms with Crippen LogP contribution in [0.5, 0.6) is 0 Å². The Bertz CT molecular complexity index is 1020. The van der Waals surface area contributed by atoms with Gasteiger partial charge >= 0.3 is 5.97 Å². The number of amides is 1. The minimum atomic E-state index is -0.785. The monoisotopic (exact) mass is 946 g/mol. The van der Waals surface area contributed by atoms with Crippen LogP contribution in [-0.4, -0.2) is 46.9 Å². The molecule has 0 heterocycles. The second-order valence-corrected chi connectivity index (χ2v) is 21.1. The van der Waals surface area contributed by atoms with Gasteiger partial charge in [-0.05, 0) is 51.4 Å². The van der Waals surface area contributed by atoms with Crippen molar-refractivity contribution in [2.45, 2.75) is 360 Å². The smallest absolute Gasteiger partial charge is 0.306 e. The molecule has 0 saturated heterocycles. The molecule has 0 rings (SSSR count). The van der Waals surface area contributed by atoms with Gasteiger partial charge in [-0.1, -0.05) is 290 Å².